The lowest BCUT2D eigenvalue weighted by atomic mass is 9.87. The first-order chi connectivity index (χ1) is 18.3. The molecule has 0 aliphatic heterocycles. The van der Waals surface area contributed by atoms with Gasteiger partial charge in [-0.1, -0.05) is 20.8 Å². The molecule has 0 bridgehead atoms. The Bertz CT molecular complexity index is 1200. The number of carboxylic acids is 1. The van der Waals surface area contributed by atoms with E-state index < -0.39 is 38.2 Å². The molecule has 0 spiro atoms. The Morgan fingerprint density at radius 2 is 1.68 bits per heavy atom. The van der Waals surface area contributed by atoms with Gasteiger partial charge in [0.1, 0.15) is 12.2 Å². The van der Waals surface area contributed by atoms with Crippen LogP contribution in [0.3, 0.4) is 0 Å². The molecular formula is C30H49N3O6Si. The Morgan fingerprint density at radius 1 is 1.05 bits per heavy atom. The highest BCUT2D eigenvalue weighted by Crippen LogP contribution is 2.40. The standard InChI is InChI=1S/C30H49N3O6Si/c1-28(2,3)39-27(36)31-25-15-21-17-33(32-24(21)16-23(25)30(7,8)37-19-26(34)35)22-13-11-20(12-14-22)18-38-40(9,10)29(4,5)6/h15-17,20,22H,11-14,18-19H2,1-10H3,(H,31,36)(H,34,35). The number of carboxylic acid groups (broad SMARTS) is 1. The number of fused-ring (bicyclic) bond motifs is 1. The molecule has 1 aromatic heterocycles. The molecule has 1 aliphatic carbocycles. The number of amides is 1. The maximum Gasteiger partial charge on any atom is 0.412 e. The lowest BCUT2D eigenvalue weighted by molar-refractivity contribution is -0.148. The monoisotopic (exact) mass is 575 g/mol. The molecule has 0 atom stereocenters. The maximum atomic E-state index is 12.7. The number of rotatable bonds is 9. The molecule has 2 N–H and O–H groups in total. The van der Waals surface area contributed by atoms with Crippen molar-refractivity contribution in [3.05, 3.63) is 23.9 Å². The van der Waals surface area contributed by atoms with Crippen molar-refractivity contribution < 1.29 is 28.6 Å². The summed E-state index contributed by atoms with van der Waals surface area (Å²) in [6, 6.07) is 4.03. The fourth-order valence-electron chi connectivity index (χ4n) is 4.73. The third-order valence-corrected chi connectivity index (χ3v) is 12.7. The van der Waals surface area contributed by atoms with Crippen molar-refractivity contribution in [1.29, 1.82) is 0 Å². The van der Waals surface area contributed by atoms with Gasteiger partial charge in [0.2, 0.25) is 0 Å². The predicted molar refractivity (Wildman–Crippen MR) is 160 cm³/mol. The largest absolute Gasteiger partial charge is 0.480 e. The molecular weight excluding hydrogens is 526 g/mol. The molecule has 1 aromatic carbocycles. The summed E-state index contributed by atoms with van der Waals surface area (Å²) in [5.74, 6) is -0.496. The molecule has 2 aromatic rings. The minimum absolute atomic E-state index is 0.211. The molecule has 1 amide bonds. The van der Waals surface area contributed by atoms with Gasteiger partial charge in [-0.25, -0.2) is 9.59 Å². The Balaban J connectivity index is 1.81. The van der Waals surface area contributed by atoms with Crippen LogP contribution in [0.25, 0.3) is 10.9 Å². The molecule has 1 saturated carbocycles. The van der Waals surface area contributed by atoms with E-state index in [2.05, 4.69) is 39.2 Å². The number of carbonyl (C=O) groups excluding carboxylic acids is 1. The smallest absolute Gasteiger partial charge is 0.412 e. The van der Waals surface area contributed by atoms with Crippen LogP contribution < -0.4 is 5.32 Å². The third kappa shape index (κ3) is 8.30. The number of hydrogen-bond acceptors (Lipinski definition) is 6. The van der Waals surface area contributed by atoms with E-state index in [0.29, 0.717) is 23.2 Å². The predicted octanol–water partition coefficient (Wildman–Crippen LogP) is 7.47. The molecule has 40 heavy (non-hydrogen) atoms. The first-order valence-corrected chi connectivity index (χ1v) is 17.2. The number of nitrogens with one attached hydrogen (secondary N) is 1. The van der Waals surface area contributed by atoms with Crippen LogP contribution in [-0.4, -0.2) is 54.1 Å². The van der Waals surface area contributed by atoms with Crippen molar-refractivity contribution in [2.45, 2.75) is 116 Å². The van der Waals surface area contributed by atoms with E-state index in [1.54, 1.807) is 34.6 Å². The third-order valence-electron chi connectivity index (χ3n) is 8.18. The van der Waals surface area contributed by atoms with Crippen LogP contribution in [0.4, 0.5) is 10.5 Å². The molecule has 3 rings (SSSR count). The lowest BCUT2D eigenvalue weighted by Gasteiger charge is -2.38. The highest BCUT2D eigenvalue weighted by molar-refractivity contribution is 6.74. The molecule has 224 valence electrons. The van der Waals surface area contributed by atoms with Gasteiger partial charge in [0, 0.05) is 23.8 Å². The van der Waals surface area contributed by atoms with Crippen molar-refractivity contribution in [3.63, 3.8) is 0 Å². The first-order valence-electron chi connectivity index (χ1n) is 14.3. The fraction of sp³-hybridized carbons (Fsp3) is 0.700. The Morgan fingerprint density at radius 3 is 2.23 bits per heavy atom. The van der Waals surface area contributed by atoms with Crippen LogP contribution in [0, 0.1) is 5.92 Å². The van der Waals surface area contributed by atoms with Gasteiger partial charge in [0.05, 0.1) is 22.8 Å². The molecule has 1 fully saturated rings. The van der Waals surface area contributed by atoms with E-state index in [-0.39, 0.29) is 5.04 Å². The quantitative estimate of drug-likeness (QED) is 0.298. The molecule has 10 heteroatoms. The van der Waals surface area contributed by atoms with Crippen molar-refractivity contribution in [1.82, 2.24) is 9.78 Å². The minimum Gasteiger partial charge on any atom is -0.480 e. The van der Waals surface area contributed by atoms with E-state index in [1.165, 1.54) is 0 Å². The number of ether oxygens (including phenoxy) is 2. The van der Waals surface area contributed by atoms with Crippen LogP contribution >= 0.6 is 0 Å². The summed E-state index contributed by atoms with van der Waals surface area (Å²) in [4.78, 5) is 23.9. The second kappa shape index (κ2) is 11.8. The molecule has 0 radical (unpaired) electrons. The second-order valence-corrected chi connectivity index (χ2v) is 18.9. The minimum atomic E-state index is -1.76. The number of carbonyl (C=O) groups is 2. The van der Waals surface area contributed by atoms with Gasteiger partial charge in [0.15, 0.2) is 8.32 Å². The summed E-state index contributed by atoms with van der Waals surface area (Å²) in [5.41, 5.74) is 0.235. The van der Waals surface area contributed by atoms with Crippen molar-refractivity contribution in [3.8, 4) is 0 Å². The number of aliphatic carboxylic acids is 1. The zero-order valence-electron chi connectivity index (χ0n) is 26.0. The van der Waals surface area contributed by atoms with E-state index >= 15 is 0 Å². The highest BCUT2D eigenvalue weighted by atomic mass is 28.4. The summed E-state index contributed by atoms with van der Waals surface area (Å²) >= 11 is 0. The average Bonchev–Trinajstić information content (AvgIpc) is 3.22. The van der Waals surface area contributed by atoms with E-state index in [4.69, 9.17) is 19.0 Å². The van der Waals surface area contributed by atoms with E-state index in [1.807, 2.05) is 23.0 Å². The fourth-order valence-corrected chi connectivity index (χ4v) is 5.82. The first kappa shape index (κ1) is 32.1. The zero-order chi connectivity index (χ0) is 30.1. The van der Waals surface area contributed by atoms with Crippen molar-refractivity contribution in [2.75, 3.05) is 18.5 Å². The number of nitrogens with zero attached hydrogens (tertiary/aromatic N) is 2. The topological polar surface area (TPSA) is 112 Å². The van der Waals surface area contributed by atoms with Crippen LogP contribution in [0.5, 0.6) is 0 Å². The van der Waals surface area contributed by atoms with Crippen LogP contribution in [0.2, 0.25) is 18.1 Å². The van der Waals surface area contributed by atoms with Gasteiger partial charge in [-0.05, 0) is 96.5 Å². The summed E-state index contributed by atoms with van der Waals surface area (Å²) in [7, 11) is -1.76. The maximum absolute atomic E-state index is 12.7. The molecule has 1 heterocycles. The normalized spacial score (nSPS) is 19.1. The highest BCUT2D eigenvalue weighted by Gasteiger charge is 2.38. The van der Waals surface area contributed by atoms with Crippen LogP contribution in [-0.2, 0) is 24.3 Å². The molecule has 0 unspecified atom stereocenters. The summed E-state index contributed by atoms with van der Waals surface area (Å²) in [6.45, 7) is 20.8. The van der Waals surface area contributed by atoms with Gasteiger partial charge in [-0.3, -0.25) is 10.00 Å². The van der Waals surface area contributed by atoms with Gasteiger partial charge in [0.25, 0.3) is 0 Å². The zero-order valence-corrected chi connectivity index (χ0v) is 27.0. The Kier molecular flexibility index (Phi) is 9.48. The van der Waals surface area contributed by atoms with E-state index in [0.717, 1.165) is 43.2 Å². The summed E-state index contributed by atoms with van der Waals surface area (Å²) < 4.78 is 19.7. The van der Waals surface area contributed by atoms with Crippen LogP contribution in [0.15, 0.2) is 18.3 Å². The van der Waals surface area contributed by atoms with Crippen LogP contribution in [0.1, 0.15) is 92.7 Å². The number of anilines is 1. The van der Waals surface area contributed by atoms with Gasteiger partial charge in [-0.2, -0.15) is 5.10 Å². The molecule has 9 nitrogen and oxygen atoms in total. The summed E-state index contributed by atoms with van der Waals surface area (Å²) in [6.07, 6.45) is 5.70. The van der Waals surface area contributed by atoms with Crippen molar-refractivity contribution >= 4 is 37.0 Å². The lowest BCUT2D eigenvalue weighted by Crippen LogP contribution is -2.42. The van der Waals surface area contributed by atoms with Gasteiger partial charge in [-0.15, -0.1) is 0 Å². The average molecular weight is 576 g/mol. The number of aromatic nitrogens is 2. The SMILES string of the molecule is CC(C)(C)OC(=O)Nc1cc2cn(C3CCC(CO[Si](C)(C)C(C)(C)C)CC3)nc2cc1C(C)(C)OCC(=O)O. The number of hydrogen-bond donors (Lipinski definition) is 2. The second-order valence-electron chi connectivity index (χ2n) is 14.1. The molecule has 0 saturated heterocycles. The Labute approximate surface area is 240 Å². The van der Waals surface area contributed by atoms with Gasteiger partial charge >= 0.3 is 12.1 Å². The Hall–Kier alpha value is -2.43. The van der Waals surface area contributed by atoms with Crippen molar-refractivity contribution in [2.24, 2.45) is 5.92 Å². The van der Waals surface area contributed by atoms with E-state index in [9.17, 15) is 14.7 Å². The summed E-state index contributed by atoms with van der Waals surface area (Å²) in [5, 5.41) is 18.0. The molecule has 1 aliphatic rings. The van der Waals surface area contributed by atoms with Gasteiger partial charge < -0.3 is 19.0 Å². The number of benzene rings is 1.